The summed E-state index contributed by atoms with van der Waals surface area (Å²) >= 11 is 0. The van der Waals surface area contributed by atoms with Gasteiger partial charge in [-0.1, -0.05) is 30.3 Å². The molecule has 0 aliphatic rings. The van der Waals surface area contributed by atoms with Crippen molar-refractivity contribution in [1.82, 2.24) is 15.3 Å². The molecular weight excluding hydrogens is 458 g/mol. The summed E-state index contributed by atoms with van der Waals surface area (Å²) in [7, 11) is 0. The number of fused-ring (bicyclic) bond motifs is 1. The molecule has 8 heteroatoms. The van der Waals surface area contributed by atoms with E-state index in [1.165, 1.54) is 12.4 Å². The van der Waals surface area contributed by atoms with Crippen LogP contribution in [0.2, 0.25) is 0 Å². The van der Waals surface area contributed by atoms with Gasteiger partial charge in [0.15, 0.2) is 0 Å². The van der Waals surface area contributed by atoms with Crippen LogP contribution in [0.5, 0.6) is 5.88 Å². The van der Waals surface area contributed by atoms with Crippen molar-refractivity contribution in [2.45, 2.75) is 72.0 Å². The highest BCUT2D eigenvalue weighted by Crippen LogP contribution is 2.38. The van der Waals surface area contributed by atoms with E-state index in [0.29, 0.717) is 47.7 Å². The molecule has 0 saturated heterocycles. The minimum absolute atomic E-state index is 0.156. The number of ether oxygens (including phenoxy) is 2. The van der Waals surface area contributed by atoms with Crippen molar-refractivity contribution in [3.05, 3.63) is 48.3 Å². The van der Waals surface area contributed by atoms with Crippen molar-refractivity contribution in [1.29, 1.82) is 0 Å². The van der Waals surface area contributed by atoms with E-state index in [1.807, 2.05) is 65.0 Å². The molecule has 0 bridgehead atoms. The predicted octanol–water partition coefficient (Wildman–Crippen LogP) is 5.71. The zero-order chi connectivity index (χ0) is 26.1. The van der Waals surface area contributed by atoms with Crippen LogP contribution in [-0.4, -0.2) is 40.1 Å². The van der Waals surface area contributed by atoms with E-state index in [9.17, 15) is 9.59 Å². The van der Waals surface area contributed by atoms with Gasteiger partial charge in [-0.15, -0.1) is 0 Å². The first-order valence-corrected chi connectivity index (χ1v) is 12.3. The molecule has 2 aromatic heterocycles. The molecule has 0 fully saturated rings. The van der Waals surface area contributed by atoms with E-state index in [4.69, 9.17) is 13.9 Å². The van der Waals surface area contributed by atoms with Crippen LogP contribution >= 0.6 is 0 Å². The minimum atomic E-state index is -0.474. The molecule has 2 heterocycles. The van der Waals surface area contributed by atoms with Gasteiger partial charge in [0.05, 0.1) is 6.10 Å². The molecule has 0 spiro atoms. The van der Waals surface area contributed by atoms with Crippen LogP contribution in [0.25, 0.3) is 28.5 Å². The van der Waals surface area contributed by atoms with Crippen molar-refractivity contribution in [2.24, 2.45) is 0 Å². The summed E-state index contributed by atoms with van der Waals surface area (Å²) in [5.74, 6) is 0.579. The molecule has 36 heavy (non-hydrogen) atoms. The van der Waals surface area contributed by atoms with Crippen molar-refractivity contribution < 1.29 is 23.5 Å². The van der Waals surface area contributed by atoms with Gasteiger partial charge < -0.3 is 19.2 Å². The van der Waals surface area contributed by atoms with E-state index in [0.717, 1.165) is 18.4 Å². The fraction of sp³-hybridized carbons (Fsp3) is 0.429. The van der Waals surface area contributed by atoms with Gasteiger partial charge in [0.1, 0.15) is 23.1 Å². The molecule has 1 N–H and O–H groups in total. The molecule has 0 unspecified atom stereocenters. The Morgan fingerprint density at radius 3 is 2.58 bits per heavy atom. The average Bonchev–Trinajstić information content (AvgIpc) is 3.20. The number of carbonyl (C=O) groups is 2. The Labute approximate surface area is 212 Å². The van der Waals surface area contributed by atoms with Crippen molar-refractivity contribution >= 4 is 29.1 Å². The van der Waals surface area contributed by atoms with Crippen LogP contribution in [0.4, 0.5) is 0 Å². The molecule has 3 rings (SSSR count). The van der Waals surface area contributed by atoms with Gasteiger partial charge in [0.2, 0.25) is 17.5 Å². The number of nitrogens with one attached hydrogen (secondary N) is 1. The van der Waals surface area contributed by atoms with Gasteiger partial charge in [-0.3, -0.25) is 9.59 Å². The van der Waals surface area contributed by atoms with Crippen LogP contribution < -0.4 is 10.1 Å². The van der Waals surface area contributed by atoms with Gasteiger partial charge >= 0.3 is 5.97 Å². The Morgan fingerprint density at radius 1 is 1.14 bits per heavy atom. The fourth-order valence-electron chi connectivity index (χ4n) is 3.71. The molecule has 3 aromatic rings. The monoisotopic (exact) mass is 493 g/mol. The third-order valence-electron chi connectivity index (χ3n) is 5.25. The predicted molar refractivity (Wildman–Crippen MR) is 139 cm³/mol. The van der Waals surface area contributed by atoms with Gasteiger partial charge in [-0.2, -0.15) is 0 Å². The van der Waals surface area contributed by atoms with Crippen molar-refractivity contribution in [2.75, 3.05) is 6.54 Å². The number of esters is 1. The Bertz CT molecular complexity index is 1200. The molecule has 1 aromatic carbocycles. The number of amides is 1. The highest BCUT2D eigenvalue weighted by Gasteiger charge is 2.21. The lowest BCUT2D eigenvalue weighted by atomic mass is 10.1. The maximum absolute atomic E-state index is 12.1. The summed E-state index contributed by atoms with van der Waals surface area (Å²) in [6.07, 6.45) is 7.06. The number of hydrogen-bond acceptors (Lipinski definition) is 7. The first kappa shape index (κ1) is 26.9. The Morgan fingerprint density at radius 2 is 1.89 bits per heavy atom. The molecule has 8 nitrogen and oxygen atoms in total. The number of rotatable bonds is 11. The standard InChI is InChI=1S/C28H35N3O5/c1-6-29-22(32)17-16-21-24-26(34-19(2)12-10-11-15-23(33)36-28(3,4)5)30-18-31-27(24)35-25(21)20-13-8-7-9-14-20/h7-9,13-14,16-19H,6,10-12,15H2,1-5H3,(H,29,32)/b17-16+/t19-/m1/s1. The number of unbranched alkanes of at least 4 members (excludes halogenated alkanes) is 1. The second-order valence-corrected chi connectivity index (χ2v) is 9.56. The van der Waals surface area contributed by atoms with E-state index < -0.39 is 5.60 Å². The molecule has 192 valence electrons. The second kappa shape index (κ2) is 12.3. The van der Waals surface area contributed by atoms with E-state index in [-0.39, 0.29) is 18.0 Å². The molecule has 0 saturated carbocycles. The molecule has 0 aliphatic carbocycles. The normalized spacial score (nSPS) is 12.6. The maximum Gasteiger partial charge on any atom is 0.306 e. The Balaban J connectivity index is 1.79. The summed E-state index contributed by atoms with van der Waals surface area (Å²) in [4.78, 5) is 32.7. The summed E-state index contributed by atoms with van der Waals surface area (Å²) in [5.41, 5.74) is 1.44. The van der Waals surface area contributed by atoms with Crippen LogP contribution in [0, 0.1) is 0 Å². The van der Waals surface area contributed by atoms with Gasteiger partial charge in [-0.05, 0) is 60.0 Å². The summed E-state index contributed by atoms with van der Waals surface area (Å²) in [6.45, 7) is 9.95. The van der Waals surface area contributed by atoms with Gasteiger partial charge in [-0.25, -0.2) is 9.97 Å². The maximum atomic E-state index is 12.1. The van der Waals surface area contributed by atoms with Gasteiger partial charge in [0, 0.05) is 30.2 Å². The lowest BCUT2D eigenvalue weighted by Crippen LogP contribution is -2.23. The topological polar surface area (TPSA) is 104 Å². The van der Waals surface area contributed by atoms with Crippen LogP contribution in [-0.2, 0) is 14.3 Å². The molecule has 1 amide bonds. The van der Waals surface area contributed by atoms with Crippen molar-refractivity contribution in [3.8, 4) is 17.2 Å². The molecule has 0 radical (unpaired) electrons. The Hall–Kier alpha value is -3.68. The van der Waals surface area contributed by atoms with E-state index in [1.54, 1.807) is 6.08 Å². The highest BCUT2D eigenvalue weighted by molar-refractivity contribution is 6.00. The number of benzene rings is 1. The lowest BCUT2D eigenvalue weighted by molar-refractivity contribution is -0.155. The second-order valence-electron chi connectivity index (χ2n) is 9.56. The Kier molecular flexibility index (Phi) is 9.22. The SMILES string of the molecule is CCNC(=O)/C=C/c1c(-c2ccccc2)oc2ncnc(O[C@H](C)CCCCC(=O)OC(C)(C)C)c12. The number of nitrogens with zero attached hydrogens (tertiary/aromatic N) is 2. The fourth-order valence-corrected chi connectivity index (χ4v) is 3.71. The van der Waals surface area contributed by atoms with E-state index in [2.05, 4.69) is 15.3 Å². The lowest BCUT2D eigenvalue weighted by Gasteiger charge is -2.19. The third kappa shape index (κ3) is 7.66. The summed E-state index contributed by atoms with van der Waals surface area (Å²) in [6, 6.07) is 9.63. The zero-order valence-corrected chi connectivity index (χ0v) is 21.7. The van der Waals surface area contributed by atoms with Crippen molar-refractivity contribution in [3.63, 3.8) is 0 Å². The van der Waals surface area contributed by atoms with E-state index >= 15 is 0 Å². The number of aromatic nitrogens is 2. The molecule has 1 atom stereocenters. The average molecular weight is 494 g/mol. The summed E-state index contributed by atoms with van der Waals surface area (Å²) in [5, 5.41) is 3.37. The number of hydrogen-bond donors (Lipinski definition) is 1. The number of likely N-dealkylation sites (N-methyl/N-ethyl adjacent to an activating group) is 1. The smallest absolute Gasteiger partial charge is 0.306 e. The first-order chi connectivity index (χ1) is 17.2. The largest absolute Gasteiger partial charge is 0.474 e. The summed E-state index contributed by atoms with van der Waals surface area (Å²) < 4.78 is 17.7. The molecular formula is C28H35N3O5. The molecule has 0 aliphatic heterocycles. The highest BCUT2D eigenvalue weighted by atomic mass is 16.6. The van der Waals surface area contributed by atoms with Crippen LogP contribution in [0.3, 0.4) is 0 Å². The van der Waals surface area contributed by atoms with Crippen LogP contribution in [0.15, 0.2) is 47.2 Å². The minimum Gasteiger partial charge on any atom is -0.474 e. The zero-order valence-electron chi connectivity index (χ0n) is 21.7. The van der Waals surface area contributed by atoms with Crippen LogP contribution in [0.1, 0.15) is 65.9 Å². The number of furan rings is 1. The first-order valence-electron chi connectivity index (χ1n) is 12.3. The number of carbonyl (C=O) groups excluding carboxylic acids is 2. The third-order valence-corrected chi connectivity index (χ3v) is 5.25. The van der Waals surface area contributed by atoms with Gasteiger partial charge in [0.25, 0.3) is 0 Å². The quantitative estimate of drug-likeness (QED) is 0.207.